The molecule has 0 amide bonds. The summed E-state index contributed by atoms with van der Waals surface area (Å²) >= 11 is 0. The zero-order valence-electron chi connectivity index (χ0n) is 12.2. The molecule has 2 rings (SSSR count). The average Bonchev–Trinajstić information content (AvgIpc) is 2.59. The molecule has 0 aromatic heterocycles. The van der Waals surface area contributed by atoms with Crippen LogP contribution in [-0.4, -0.2) is 37.7 Å². The van der Waals surface area contributed by atoms with Gasteiger partial charge in [-0.15, -0.1) is 0 Å². The SMILES string of the molecule is CC(C)CCNCCN1CCOc2ccccc2C1. The Kier molecular flexibility index (Phi) is 5.67. The van der Waals surface area contributed by atoms with Crippen LogP contribution >= 0.6 is 0 Å². The van der Waals surface area contributed by atoms with Crippen molar-refractivity contribution >= 4 is 0 Å². The molecule has 0 saturated carbocycles. The summed E-state index contributed by atoms with van der Waals surface area (Å²) in [5, 5.41) is 3.53. The van der Waals surface area contributed by atoms with Gasteiger partial charge in [-0.25, -0.2) is 0 Å². The lowest BCUT2D eigenvalue weighted by Crippen LogP contribution is -2.33. The van der Waals surface area contributed by atoms with Crippen LogP contribution in [0.1, 0.15) is 25.8 Å². The van der Waals surface area contributed by atoms with Crippen LogP contribution in [-0.2, 0) is 6.54 Å². The van der Waals surface area contributed by atoms with E-state index in [1.807, 2.05) is 6.07 Å². The Morgan fingerprint density at radius 2 is 2.11 bits per heavy atom. The molecule has 0 unspecified atom stereocenters. The van der Waals surface area contributed by atoms with Crippen LogP contribution in [0.4, 0.5) is 0 Å². The standard InChI is InChI=1S/C16H26N2O/c1-14(2)7-8-17-9-10-18-11-12-19-16-6-4-3-5-15(16)13-18/h3-6,14,17H,7-13H2,1-2H3. The smallest absolute Gasteiger partial charge is 0.123 e. The van der Waals surface area contributed by atoms with Gasteiger partial charge in [-0.3, -0.25) is 4.90 Å². The maximum absolute atomic E-state index is 5.78. The van der Waals surface area contributed by atoms with Crippen LogP contribution in [0.3, 0.4) is 0 Å². The van der Waals surface area contributed by atoms with Crippen molar-refractivity contribution in [2.45, 2.75) is 26.8 Å². The van der Waals surface area contributed by atoms with E-state index >= 15 is 0 Å². The average molecular weight is 262 g/mol. The van der Waals surface area contributed by atoms with Crippen molar-refractivity contribution in [2.24, 2.45) is 5.92 Å². The van der Waals surface area contributed by atoms with Crippen LogP contribution in [0.5, 0.6) is 5.75 Å². The van der Waals surface area contributed by atoms with Crippen LogP contribution in [0.2, 0.25) is 0 Å². The minimum absolute atomic E-state index is 0.783. The quantitative estimate of drug-likeness (QED) is 0.797. The Hall–Kier alpha value is -1.06. The van der Waals surface area contributed by atoms with E-state index in [0.29, 0.717) is 0 Å². The number of hydrogen-bond donors (Lipinski definition) is 1. The zero-order chi connectivity index (χ0) is 13.5. The van der Waals surface area contributed by atoms with Crippen molar-refractivity contribution < 1.29 is 4.74 Å². The van der Waals surface area contributed by atoms with Crippen molar-refractivity contribution in [1.82, 2.24) is 10.2 Å². The van der Waals surface area contributed by atoms with E-state index < -0.39 is 0 Å². The third-order valence-corrected chi connectivity index (χ3v) is 3.53. The van der Waals surface area contributed by atoms with Gasteiger partial charge >= 0.3 is 0 Å². The first-order chi connectivity index (χ1) is 9.25. The Balaban J connectivity index is 1.73. The summed E-state index contributed by atoms with van der Waals surface area (Å²) in [6.07, 6.45) is 1.26. The Labute approximate surface area is 116 Å². The van der Waals surface area contributed by atoms with E-state index in [-0.39, 0.29) is 0 Å². The second-order valence-electron chi connectivity index (χ2n) is 5.66. The molecule has 106 valence electrons. The predicted octanol–water partition coefficient (Wildman–Crippen LogP) is 2.52. The maximum atomic E-state index is 5.78. The normalized spacial score (nSPS) is 15.9. The molecule has 1 heterocycles. The van der Waals surface area contributed by atoms with Gasteiger partial charge in [0.1, 0.15) is 12.4 Å². The summed E-state index contributed by atoms with van der Waals surface area (Å²) in [6, 6.07) is 8.37. The molecule has 19 heavy (non-hydrogen) atoms. The van der Waals surface area contributed by atoms with Crippen molar-refractivity contribution in [3.63, 3.8) is 0 Å². The molecule has 1 aromatic carbocycles. The number of benzene rings is 1. The van der Waals surface area contributed by atoms with E-state index in [4.69, 9.17) is 4.74 Å². The van der Waals surface area contributed by atoms with Crippen LogP contribution in [0.15, 0.2) is 24.3 Å². The van der Waals surface area contributed by atoms with E-state index in [9.17, 15) is 0 Å². The lowest BCUT2D eigenvalue weighted by Gasteiger charge is -2.19. The molecule has 1 aliphatic heterocycles. The maximum Gasteiger partial charge on any atom is 0.123 e. The van der Waals surface area contributed by atoms with Crippen molar-refractivity contribution in [3.05, 3.63) is 29.8 Å². The topological polar surface area (TPSA) is 24.5 Å². The first-order valence-electron chi connectivity index (χ1n) is 7.39. The first-order valence-corrected chi connectivity index (χ1v) is 7.39. The monoisotopic (exact) mass is 262 g/mol. The molecule has 0 aliphatic carbocycles. The minimum atomic E-state index is 0.783. The molecule has 1 N–H and O–H groups in total. The second kappa shape index (κ2) is 7.51. The molecule has 3 heteroatoms. The van der Waals surface area contributed by atoms with Gasteiger partial charge in [-0.1, -0.05) is 32.0 Å². The molecule has 3 nitrogen and oxygen atoms in total. The molecule has 0 fully saturated rings. The summed E-state index contributed by atoms with van der Waals surface area (Å²) in [7, 11) is 0. The van der Waals surface area contributed by atoms with Gasteiger partial charge in [0.15, 0.2) is 0 Å². The number of hydrogen-bond acceptors (Lipinski definition) is 3. The van der Waals surface area contributed by atoms with Crippen molar-refractivity contribution in [1.29, 1.82) is 0 Å². The van der Waals surface area contributed by atoms with E-state index in [1.165, 1.54) is 12.0 Å². The summed E-state index contributed by atoms with van der Waals surface area (Å²) in [4.78, 5) is 2.47. The number of rotatable bonds is 6. The summed E-state index contributed by atoms with van der Waals surface area (Å²) in [5.74, 6) is 1.84. The fraction of sp³-hybridized carbons (Fsp3) is 0.625. The molecule has 0 atom stereocenters. The number of para-hydroxylation sites is 1. The van der Waals surface area contributed by atoms with Gasteiger partial charge in [-0.2, -0.15) is 0 Å². The molecule has 0 saturated heterocycles. The third-order valence-electron chi connectivity index (χ3n) is 3.53. The molecular weight excluding hydrogens is 236 g/mol. The fourth-order valence-corrected chi connectivity index (χ4v) is 2.32. The Morgan fingerprint density at radius 1 is 1.26 bits per heavy atom. The first kappa shape index (κ1) is 14.4. The van der Waals surface area contributed by atoms with Crippen molar-refractivity contribution in [3.8, 4) is 5.75 Å². The summed E-state index contributed by atoms with van der Waals surface area (Å²) in [6.45, 7) is 10.6. The predicted molar refractivity (Wildman–Crippen MR) is 79.5 cm³/mol. The van der Waals surface area contributed by atoms with E-state index in [0.717, 1.165) is 51.0 Å². The highest BCUT2D eigenvalue weighted by molar-refractivity contribution is 5.33. The minimum Gasteiger partial charge on any atom is -0.492 e. The highest BCUT2D eigenvalue weighted by Gasteiger charge is 2.13. The fourth-order valence-electron chi connectivity index (χ4n) is 2.32. The molecular formula is C16H26N2O. The molecule has 0 radical (unpaired) electrons. The molecule has 0 bridgehead atoms. The van der Waals surface area contributed by atoms with Gasteiger partial charge in [-0.05, 0) is 24.9 Å². The zero-order valence-corrected chi connectivity index (χ0v) is 12.2. The molecule has 1 aromatic rings. The highest BCUT2D eigenvalue weighted by Crippen LogP contribution is 2.21. The molecule has 1 aliphatic rings. The van der Waals surface area contributed by atoms with E-state index in [2.05, 4.69) is 42.3 Å². The Morgan fingerprint density at radius 3 is 2.95 bits per heavy atom. The summed E-state index contributed by atoms with van der Waals surface area (Å²) < 4.78 is 5.78. The largest absolute Gasteiger partial charge is 0.492 e. The van der Waals surface area contributed by atoms with Gasteiger partial charge in [0.05, 0.1) is 0 Å². The number of nitrogens with one attached hydrogen (secondary N) is 1. The lowest BCUT2D eigenvalue weighted by molar-refractivity contribution is 0.226. The van der Waals surface area contributed by atoms with Gasteiger partial charge in [0.25, 0.3) is 0 Å². The third kappa shape index (κ3) is 4.84. The molecule has 0 spiro atoms. The second-order valence-corrected chi connectivity index (χ2v) is 5.66. The van der Waals surface area contributed by atoms with Gasteiger partial charge < -0.3 is 10.1 Å². The lowest BCUT2D eigenvalue weighted by atomic mass is 10.1. The van der Waals surface area contributed by atoms with Crippen molar-refractivity contribution in [2.75, 3.05) is 32.8 Å². The highest BCUT2D eigenvalue weighted by atomic mass is 16.5. The number of fused-ring (bicyclic) bond motifs is 1. The number of nitrogens with zero attached hydrogens (tertiary/aromatic N) is 1. The van der Waals surface area contributed by atoms with Crippen LogP contribution in [0, 0.1) is 5.92 Å². The van der Waals surface area contributed by atoms with Crippen LogP contribution < -0.4 is 10.1 Å². The Bertz CT molecular complexity index is 379. The van der Waals surface area contributed by atoms with Gasteiger partial charge in [0.2, 0.25) is 0 Å². The van der Waals surface area contributed by atoms with Crippen LogP contribution in [0.25, 0.3) is 0 Å². The number of ether oxygens (including phenoxy) is 1. The summed E-state index contributed by atoms with van der Waals surface area (Å²) in [5.41, 5.74) is 1.31. The van der Waals surface area contributed by atoms with Gasteiger partial charge in [0, 0.05) is 31.7 Å². The van der Waals surface area contributed by atoms with E-state index in [1.54, 1.807) is 0 Å².